The monoisotopic (exact) mass is 1220 g/mol. The smallest absolute Gasteiger partial charge is 0.339 e. The van der Waals surface area contributed by atoms with Crippen LogP contribution in [0.1, 0.15) is 266 Å². The zero-order valence-corrected chi connectivity index (χ0v) is 55.1. The Morgan fingerprint density at radius 3 is 2.46 bits per heavy atom. The minimum Gasteiger partial charge on any atom is -0.509 e. The zero-order valence-electron chi connectivity index (χ0n) is 55.1. The molecule has 7 spiro atoms. The van der Waals surface area contributed by atoms with Gasteiger partial charge in [0.1, 0.15) is 17.5 Å². The number of piperidine rings is 2. The molecule has 9 aliphatic heterocycles. The van der Waals surface area contributed by atoms with Crippen LogP contribution in [0, 0.1) is 104 Å². The number of rotatable bonds is 7. The van der Waals surface area contributed by atoms with Gasteiger partial charge in [0.05, 0.1) is 11.0 Å². The van der Waals surface area contributed by atoms with Crippen molar-refractivity contribution in [2.75, 3.05) is 26.2 Å². The van der Waals surface area contributed by atoms with Crippen LogP contribution in [0.25, 0.3) is 0 Å². The molecule has 20 atom stereocenters. The summed E-state index contributed by atoms with van der Waals surface area (Å²) in [7, 11) is 0. The van der Waals surface area contributed by atoms with Gasteiger partial charge in [-0.2, -0.15) is 0 Å². The van der Waals surface area contributed by atoms with E-state index in [1.165, 1.54) is 179 Å². The van der Waals surface area contributed by atoms with Crippen molar-refractivity contribution in [3.05, 3.63) is 80.5 Å². The van der Waals surface area contributed by atoms with Crippen LogP contribution in [0.4, 0.5) is 0 Å². The molecule has 9 nitrogen and oxygen atoms in total. The van der Waals surface area contributed by atoms with E-state index in [9.17, 15) is 9.90 Å². The maximum absolute atomic E-state index is 17.4. The van der Waals surface area contributed by atoms with Crippen LogP contribution < -0.4 is 5.73 Å². The molecular formula is C81H109N3O6. The van der Waals surface area contributed by atoms with Gasteiger partial charge < -0.3 is 30.0 Å². The Kier molecular flexibility index (Phi) is 13.3. The van der Waals surface area contributed by atoms with Crippen molar-refractivity contribution in [2.45, 2.75) is 269 Å². The van der Waals surface area contributed by atoms with Crippen molar-refractivity contribution in [3.63, 3.8) is 0 Å². The van der Waals surface area contributed by atoms with Crippen molar-refractivity contribution >= 4 is 18.2 Å². The number of allylic oxidation sites excluding steroid dienone is 4. The zero-order chi connectivity index (χ0) is 60.3. The van der Waals surface area contributed by atoms with Crippen LogP contribution in [0.3, 0.4) is 0 Å². The highest BCUT2D eigenvalue weighted by Crippen LogP contribution is 2.89. The second-order valence-corrected chi connectivity index (χ2v) is 35.9. The Balaban J connectivity index is 0.852. The fourth-order valence-corrected chi connectivity index (χ4v) is 30.4. The number of benzene rings is 1. The fraction of sp³-hybridized carbons (Fsp3) is 0.790. The average molecular weight is 1220 g/mol. The Bertz CT molecular complexity index is 3300. The number of ether oxygens (including phenoxy) is 2. The van der Waals surface area contributed by atoms with E-state index in [1.54, 1.807) is 22.4 Å². The summed E-state index contributed by atoms with van der Waals surface area (Å²) in [6, 6.07) is 7.30. The number of aryl methyl sites for hydroxylation is 1. The summed E-state index contributed by atoms with van der Waals surface area (Å²) in [5.74, 6) is 5.15. The van der Waals surface area contributed by atoms with E-state index >= 15 is 9.59 Å². The largest absolute Gasteiger partial charge is 0.509 e. The minimum atomic E-state index is -1.20. The van der Waals surface area contributed by atoms with Gasteiger partial charge in [0, 0.05) is 67.7 Å². The predicted octanol–water partition coefficient (Wildman–Crippen LogP) is 16.9. The number of aliphatic hydroxyl groups excluding tert-OH is 1. The van der Waals surface area contributed by atoms with Gasteiger partial charge >= 0.3 is 11.9 Å². The molecule has 21 aliphatic rings. The van der Waals surface area contributed by atoms with E-state index < -0.39 is 16.4 Å². The minimum absolute atomic E-state index is 0.0575. The molecule has 3 N–H and O–H groups in total. The van der Waals surface area contributed by atoms with Gasteiger partial charge in [-0.3, -0.25) is 9.69 Å². The number of nitrogens with zero attached hydrogens (tertiary/aromatic N) is 2. The van der Waals surface area contributed by atoms with Crippen molar-refractivity contribution in [1.29, 1.82) is 0 Å². The number of aliphatic hydroxyl groups is 1. The van der Waals surface area contributed by atoms with E-state index in [-0.39, 0.29) is 41.7 Å². The Morgan fingerprint density at radius 1 is 0.744 bits per heavy atom. The maximum Gasteiger partial charge on any atom is 0.339 e. The summed E-state index contributed by atoms with van der Waals surface area (Å²) in [6.45, 7) is 6.49. The van der Waals surface area contributed by atoms with Gasteiger partial charge in [0.2, 0.25) is 0 Å². The highest BCUT2D eigenvalue weighted by Gasteiger charge is 2.94. The molecule has 0 amide bonds. The fourth-order valence-electron chi connectivity index (χ4n) is 30.4. The van der Waals surface area contributed by atoms with E-state index in [0.717, 1.165) is 88.0 Å². The lowest BCUT2D eigenvalue weighted by Crippen LogP contribution is -2.78. The molecule has 20 unspecified atom stereocenters. The van der Waals surface area contributed by atoms with Crippen LogP contribution in [0.5, 0.6) is 0 Å². The van der Waals surface area contributed by atoms with Gasteiger partial charge in [-0.1, -0.05) is 106 Å². The summed E-state index contributed by atoms with van der Waals surface area (Å²) < 4.78 is 15.4. The second kappa shape index (κ2) is 20.7. The second-order valence-electron chi connectivity index (χ2n) is 35.9. The quantitative estimate of drug-likeness (QED) is 0.156. The normalized spacial score (nSPS) is 47.0. The number of carbonyl (C=O) groups is 3. The van der Waals surface area contributed by atoms with Gasteiger partial charge in [0.25, 0.3) is 0 Å². The third kappa shape index (κ3) is 7.45. The number of fused-ring (bicyclic) bond motifs is 9. The molecular weight excluding hydrogens is 1110 g/mol. The number of nitrogens with two attached hydrogens (primary N) is 1. The number of hydrogen-bond acceptors (Lipinski definition) is 9. The summed E-state index contributed by atoms with van der Waals surface area (Å²) in [6.07, 6.45) is 48.9. The molecule has 3 saturated heterocycles. The Morgan fingerprint density at radius 2 is 1.60 bits per heavy atom. The van der Waals surface area contributed by atoms with Crippen LogP contribution in [-0.4, -0.2) is 71.4 Å². The van der Waals surface area contributed by atoms with Crippen LogP contribution in [0.15, 0.2) is 63.8 Å². The number of hydrogen-bond donors (Lipinski definition) is 2. The van der Waals surface area contributed by atoms with Crippen molar-refractivity contribution < 1.29 is 29.0 Å². The molecule has 9 heterocycles. The highest BCUT2D eigenvalue weighted by molar-refractivity contribution is 6.00. The Hall–Kier alpha value is -3.69. The van der Waals surface area contributed by atoms with Crippen molar-refractivity contribution in [1.82, 2.24) is 9.80 Å². The molecule has 0 radical (unpaired) electrons. The molecule has 22 rings (SSSR count). The van der Waals surface area contributed by atoms with Crippen molar-refractivity contribution in [3.8, 4) is 0 Å². The molecule has 8 saturated carbocycles. The first kappa shape index (κ1) is 57.7. The lowest BCUT2D eigenvalue weighted by molar-refractivity contribution is -0.283. The van der Waals surface area contributed by atoms with E-state index in [4.69, 9.17) is 15.2 Å². The van der Waals surface area contributed by atoms with Crippen LogP contribution in [0.2, 0.25) is 0 Å². The van der Waals surface area contributed by atoms with Gasteiger partial charge in [-0.05, 0) is 272 Å². The van der Waals surface area contributed by atoms with Crippen LogP contribution in [-0.2, 0) is 31.1 Å². The predicted molar refractivity (Wildman–Crippen MR) is 349 cm³/mol. The van der Waals surface area contributed by atoms with E-state index in [0.29, 0.717) is 118 Å². The van der Waals surface area contributed by atoms with E-state index in [1.807, 2.05) is 0 Å². The number of aldehydes is 1. The lowest BCUT2D eigenvalue weighted by Gasteiger charge is -2.73. The Labute approximate surface area is 538 Å². The molecule has 90 heavy (non-hydrogen) atoms. The van der Waals surface area contributed by atoms with Gasteiger partial charge in [0.15, 0.2) is 11.4 Å². The summed E-state index contributed by atoms with van der Waals surface area (Å²) in [5.41, 5.74) is 15.3. The molecule has 1 aromatic carbocycles. The first-order valence-corrected chi connectivity index (χ1v) is 38.7. The molecule has 9 heteroatoms. The topological polar surface area (TPSA) is 122 Å². The molecule has 15 bridgehead atoms. The molecule has 0 aromatic heterocycles. The third-order valence-corrected chi connectivity index (χ3v) is 33.0. The molecule has 1 aromatic rings. The molecule has 484 valence electrons. The SMILES string of the molecule is CC1CC2=C3C4C5=C6C(C=C7CCCC(CCC=O)CCC8CCC9(CCCC(C9)C7CC7C69C(=O)OC(=C(O)CC(C6CC%10(CCCC%10)C%10(CCCC%10%11CCCC%11)C6)N6CC%10CC(C6)C(CC2)N3C%10)C9(CC5)C72OC(=O)c3c(CCCN)cccc32)C8)CC14. The average Bonchev–Trinajstić information content (AvgIpc) is 1.31. The van der Waals surface area contributed by atoms with Crippen molar-refractivity contribution in [2.24, 2.45) is 109 Å². The number of carbonyl (C=O) groups excluding carboxylic acids is 3. The van der Waals surface area contributed by atoms with E-state index in [2.05, 4.69) is 41.0 Å². The maximum atomic E-state index is 17.4. The lowest BCUT2D eigenvalue weighted by atomic mass is 9.27. The number of esters is 2. The molecule has 11 fully saturated rings. The van der Waals surface area contributed by atoms with Crippen LogP contribution >= 0.6 is 0 Å². The highest BCUT2D eigenvalue weighted by atomic mass is 16.6. The third-order valence-electron chi connectivity index (χ3n) is 33.0. The summed E-state index contributed by atoms with van der Waals surface area (Å²) in [5, 5.41) is 14.5. The summed E-state index contributed by atoms with van der Waals surface area (Å²) >= 11 is 0. The standard InChI is InChI=1S/C81H109N3O6/c1-49-36-55-21-22-64-58-37-52-46-83(48-58)65(59-44-77(28-4-5-29-77)78(45-59)31-11-30-76(78)26-2-3-27-76)41-66(86)72-79-33-24-60-69(71(55)84(64)47-52)61(49)39-57-38-54-15-6-12-50(13-10-35-85)19-20-51-23-32-75(42-51)25-8-16-56(43-75)62(54)40-67(80(79,70(57)60)74(88)89-72)81(79)63-18-7-14-53(17-9-34-82)68(63)73(87)90-81/h7,14,18,35,38,49-52,56-59,61-62,64-65,67,69,86H,2-6,8-13,15-17,19-34,36-37,39-48,82H2,1H3. The molecule has 12 aliphatic carbocycles. The summed E-state index contributed by atoms with van der Waals surface area (Å²) in [4.78, 5) is 51.5. The first-order valence-electron chi connectivity index (χ1n) is 38.7. The first-order chi connectivity index (χ1) is 43.9. The van der Waals surface area contributed by atoms with Gasteiger partial charge in [-0.25, -0.2) is 4.79 Å². The van der Waals surface area contributed by atoms with Gasteiger partial charge in [-0.15, -0.1) is 0 Å².